The Morgan fingerprint density at radius 3 is 3.06 bits per heavy atom. The summed E-state index contributed by atoms with van der Waals surface area (Å²) in [5.41, 5.74) is 3.14. The number of halogens is 1. The van der Waals surface area contributed by atoms with Crippen molar-refractivity contribution >= 4 is 12.4 Å². The van der Waals surface area contributed by atoms with E-state index >= 15 is 0 Å². The molecule has 0 bridgehead atoms. The maximum Gasteiger partial charge on any atom is 0.0573 e. The first-order valence-corrected chi connectivity index (χ1v) is 6.61. The van der Waals surface area contributed by atoms with Gasteiger partial charge >= 0.3 is 0 Å². The fourth-order valence-electron chi connectivity index (χ4n) is 3.20. The zero-order chi connectivity index (χ0) is 11.7. The fraction of sp³-hybridized carbons (Fsp3) is 0.643. The molecule has 0 amide bonds. The van der Waals surface area contributed by atoms with E-state index < -0.39 is 0 Å². The normalized spacial score (nSPS) is 27.6. The molecule has 3 rings (SSSR count). The first-order valence-electron chi connectivity index (χ1n) is 6.61. The summed E-state index contributed by atoms with van der Waals surface area (Å²) < 4.78 is 0. The summed E-state index contributed by atoms with van der Waals surface area (Å²) in [5.74, 6) is 0. The van der Waals surface area contributed by atoms with Crippen LogP contribution in [0.1, 0.15) is 24.1 Å². The molecule has 18 heavy (non-hydrogen) atoms. The van der Waals surface area contributed by atoms with Crippen LogP contribution in [0.15, 0.2) is 18.3 Å². The van der Waals surface area contributed by atoms with Gasteiger partial charge in [-0.25, -0.2) is 0 Å². The van der Waals surface area contributed by atoms with Gasteiger partial charge < -0.3 is 5.32 Å². The number of rotatable bonds is 2. The average Bonchev–Trinajstić information content (AvgIpc) is 2.94. The summed E-state index contributed by atoms with van der Waals surface area (Å²) in [6.07, 6.45) is 4.61. The number of aryl methyl sites for hydroxylation is 1. The molecule has 3 nitrogen and oxygen atoms in total. The van der Waals surface area contributed by atoms with Gasteiger partial charge in [-0.2, -0.15) is 0 Å². The van der Waals surface area contributed by atoms with E-state index in [1.807, 2.05) is 12.3 Å². The quantitative estimate of drug-likeness (QED) is 0.888. The Labute approximate surface area is 115 Å². The van der Waals surface area contributed by atoms with Crippen molar-refractivity contribution in [1.82, 2.24) is 15.2 Å². The number of nitrogens with zero attached hydrogens (tertiary/aromatic N) is 2. The molecule has 4 heteroatoms. The van der Waals surface area contributed by atoms with Crippen molar-refractivity contribution < 1.29 is 0 Å². The van der Waals surface area contributed by atoms with Crippen molar-refractivity contribution in [1.29, 1.82) is 0 Å². The molecule has 0 aromatic carbocycles. The van der Waals surface area contributed by atoms with Crippen LogP contribution in [0.3, 0.4) is 0 Å². The Hall–Kier alpha value is -0.640. The van der Waals surface area contributed by atoms with Crippen molar-refractivity contribution in [3.05, 3.63) is 29.6 Å². The molecule has 1 aromatic rings. The van der Waals surface area contributed by atoms with Crippen LogP contribution in [0.4, 0.5) is 0 Å². The largest absolute Gasteiger partial charge is 0.316 e. The lowest BCUT2D eigenvalue weighted by Crippen LogP contribution is -2.29. The van der Waals surface area contributed by atoms with Crippen LogP contribution in [0.2, 0.25) is 0 Å². The summed E-state index contributed by atoms with van der Waals surface area (Å²) in [5, 5.41) is 3.51. The minimum atomic E-state index is 0. The lowest BCUT2D eigenvalue weighted by atomic mass is 9.87. The SMILES string of the molecule is Cc1cccnc1CN1CCC2(CCNC2)C1.Cl. The van der Waals surface area contributed by atoms with Crippen molar-refractivity contribution in [3.8, 4) is 0 Å². The molecule has 1 atom stereocenters. The summed E-state index contributed by atoms with van der Waals surface area (Å²) in [6.45, 7) is 8.08. The monoisotopic (exact) mass is 267 g/mol. The molecule has 2 aliphatic heterocycles. The van der Waals surface area contributed by atoms with E-state index in [0.717, 1.165) is 6.54 Å². The van der Waals surface area contributed by atoms with E-state index in [9.17, 15) is 0 Å². The predicted octanol–water partition coefficient (Wildman–Crippen LogP) is 2.00. The highest BCUT2D eigenvalue weighted by Crippen LogP contribution is 2.36. The van der Waals surface area contributed by atoms with E-state index in [-0.39, 0.29) is 12.4 Å². The molecule has 1 spiro atoms. The van der Waals surface area contributed by atoms with Gasteiger partial charge in [0.25, 0.3) is 0 Å². The van der Waals surface area contributed by atoms with Gasteiger partial charge in [-0.15, -0.1) is 12.4 Å². The van der Waals surface area contributed by atoms with Crippen molar-refractivity contribution in [2.45, 2.75) is 26.3 Å². The van der Waals surface area contributed by atoms with E-state index in [0.29, 0.717) is 5.41 Å². The lowest BCUT2D eigenvalue weighted by molar-refractivity contribution is 0.266. The van der Waals surface area contributed by atoms with Crippen LogP contribution < -0.4 is 5.32 Å². The molecule has 2 fully saturated rings. The summed E-state index contributed by atoms with van der Waals surface area (Å²) in [4.78, 5) is 7.07. The second-order valence-electron chi connectivity index (χ2n) is 5.65. The van der Waals surface area contributed by atoms with Crippen LogP contribution in [0.25, 0.3) is 0 Å². The number of aromatic nitrogens is 1. The van der Waals surface area contributed by atoms with Crippen LogP contribution in [-0.4, -0.2) is 36.1 Å². The zero-order valence-electron chi connectivity index (χ0n) is 11.0. The highest BCUT2D eigenvalue weighted by atomic mass is 35.5. The zero-order valence-corrected chi connectivity index (χ0v) is 11.8. The van der Waals surface area contributed by atoms with Crippen LogP contribution in [-0.2, 0) is 6.54 Å². The van der Waals surface area contributed by atoms with Gasteiger partial charge in [-0.3, -0.25) is 9.88 Å². The number of likely N-dealkylation sites (tertiary alicyclic amines) is 1. The highest BCUT2D eigenvalue weighted by molar-refractivity contribution is 5.85. The second-order valence-corrected chi connectivity index (χ2v) is 5.65. The highest BCUT2D eigenvalue weighted by Gasteiger charge is 2.40. The Balaban J connectivity index is 0.00000120. The minimum Gasteiger partial charge on any atom is -0.316 e. The van der Waals surface area contributed by atoms with Gasteiger partial charge in [0.1, 0.15) is 0 Å². The Kier molecular flexibility index (Phi) is 4.25. The van der Waals surface area contributed by atoms with Gasteiger partial charge in [-0.1, -0.05) is 6.07 Å². The first-order chi connectivity index (χ1) is 8.27. The Bertz CT molecular complexity index is 402. The van der Waals surface area contributed by atoms with Crippen molar-refractivity contribution in [2.75, 3.05) is 26.2 Å². The molecule has 1 unspecified atom stereocenters. The first kappa shape index (κ1) is 13.8. The molecule has 1 N–H and O–H groups in total. The summed E-state index contributed by atoms with van der Waals surface area (Å²) in [6, 6.07) is 4.18. The molecule has 2 aliphatic rings. The number of hydrogen-bond donors (Lipinski definition) is 1. The lowest BCUT2D eigenvalue weighted by Gasteiger charge is -2.22. The standard InChI is InChI=1S/C14H21N3.ClH/c1-12-3-2-6-16-13(12)9-17-8-5-14(11-17)4-7-15-10-14;/h2-3,6,15H,4-5,7-11H2,1H3;1H. The summed E-state index contributed by atoms with van der Waals surface area (Å²) in [7, 11) is 0. The van der Waals surface area contributed by atoms with Crippen molar-refractivity contribution in [3.63, 3.8) is 0 Å². The van der Waals surface area contributed by atoms with E-state index in [4.69, 9.17) is 0 Å². The third-order valence-electron chi connectivity index (χ3n) is 4.34. The van der Waals surface area contributed by atoms with Crippen LogP contribution >= 0.6 is 12.4 Å². The van der Waals surface area contributed by atoms with Gasteiger partial charge in [0.05, 0.1) is 5.69 Å². The minimum absolute atomic E-state index is 0. The fourth-order valence-corrected chi connectivity index (χ4v) is 3.20. The average molecular weight is 268 g/mol. The van der Waals surface area contributed by atoms with Gasteiger partial charge in [0.15, 0.2) is 0 Å². The van der Waals surface area contributed by atoms with Gasteiger partial charge in [0.2, 0.25) is 0 Å². The van der Waals surface area contributed by atoms with E-state index in [2.05, 4.69) is 28.2 Å². The predicted molar refractivity (Wildman–Crippen MR) is 76.0 cm³/mol. The molecule has 0 aliphatic carbocycles. The number of nitrogens with one attached hydrogen (secondary N) is 1. The smallest absolute Gasteiger partial charge is 0.0573 e. The molecular formula is C14H22ClN3. The van der Waals surface area contributed by atoms with Crippen LogP contribution in [0, 0.1) is 12.3 Å². The van der Waals surface area contributed by atoms with Gasteiger partial charge in [-0.05, 0) is 49.9 Å². The third-order valence-corrected chi connectivity index (χ3v) is 4.34. The number of pyridine rings is 1. The van der Waals surface area contributed by atoms with Crippen LogP contribution in [0.5, 0.6) is 0 Å². The Morgan fingerprint density at radius 2 is 2.33 bits per heavy atom. The maximum atomic E-state index is 4.50. The topological polar surface area (TPSA) is 28.2 Å². The maximum absolute atomic E-state index is 4.50. The molecule has 2 saturated heterocycles. The van der Waals surface area contributed by atoms with Gasteiger partial charge in [0, 0.05) is 25.8 Å². The molecule has 0 radical (unpaired) electrons. The Morgan fingerprint density at radius 1 is 1.44 bits per heavy atom. The van der Waals surface area contributed by atoms with Crippen molar-refractivity contribution in [2.24, 2.45) is 5.41 Å². The molecule has 3 heterocycles. The van der Waals surface area contributed by atoms with E-state index in [1.54, 1.807) is 0 Å². The molecular weight excluding hydrogens is 246 g/mol. The summed E-state index contributed by atoms with van der Waals surface area (Å²) >= 11 is 0. The number of hydrogen-bond acceptors (Lipinski definition) is 3. The molecule has 0 saturated carbocycles. The van der Waals surface area contributed by atoms with E-state index in [1.165, 1.54) is 50.3 Å². The third kappa shape index (κ3) is 2.68. The second kappa shape index (κ2) is 5.55. The molecule has 100 valence electrons. The molecule has 1 aromatic heterocycles.